The molecule has 3 aromatic rings. The smallest absolute Gasteiger partial charge is 0.339 e. The molecule has 0 radical (unpaired) electrons. The van der Waals surface area contributed by atoms with E-state index >= 15 is 0 Å². The van der Waals surface area contributed by atoms with E-state index in [0.717, 1.165) is 11.1 Å². The van der Waals surface area contributed by atoms with Crippen LogP contribution in [0.3, 0.4) is 0 Å². The molecule has 0 atom stereocenters. The standard InChI is InChI=1S/C22H21NO5S/c1-15-12-17(16-6-4-3-5-7-16)13-20(22(25)28-2)21(15)23-14-29(26,27)19-10-8-18(24)9-11-19/h3-13,23-24H,14H2,1-2H3. The van der Waals surface area contributed by atoms with Crippen molar-refractivity contribution in [2.75, 3.05) is 18.3 Å². The Balaban J connectivity index is 1.96. The lowest BCUT2D eigenvalue weighted by molar-refractivity contribution is 0.0601. The molecule has 3 rings (SSSR count). The number of carbonyl (C=O) groups excluding carboxylic acids is 1. The van der Waals surface area contributed by atoms with Gasteiger partial charge in [0.25, 0.3) is 0 Å². The maximum atomic E-state index is 12.6. The summed E-state index contributed by atoms with van der Waals surface area (Å²) in [4.78, 5) is 12.4. The number of benzene rings is 3. The third kappa shape index (κ3) is 4.57. The summed E-state index contributed by atoms with van der Waals surface area (Å²) in [5.41, 5.74) is 3.14. The van der Waals surface area contributed by atoms with Crippen LogP contribution in [0.15, 0.2) is 71.6 Å². The number of phenols is 1. The molecule has 0 bridgehead atoms. The van der Waals surface area contributed by atoms with Gasteiger partial charge in [-0.3, -0.25) is 0 Å². The molecule has 0 aliphatic heterocycles. The number of phenolic OH excluding ortho intramolecular Hbond substituents is 1. The van der Waals surface area contributed by atoms with Crippen LogP contribution in [0.1, 0.15) is 15.9 Å². The first kappa shape index (κ1) is 20.4. The van der Waals surface area contributed by atoms with Crippen LogP contribution >= 0.6 is 0 Å². The predicted octanol–water partition coefficient (Wildman–Crippen LogP) is 4.00. The number of anilines is 1. The summed E-state index contributed by atoms with van der Waals surface area (Å²) in [6.45, 7) is 1.80. The second kappa shape index (κ2) is 8.36. The zero-order chi connectivity index (χ0) is 21.0. The van der Waals surface area contributed by atoms with Gasteiger partial charge in [-0.1, -0.05) is 30.3 Å². The van der Waals surface area contributed by atoms with Gasteiger partial charge >= 0.3 is 5.97 Å². The molecule has 0 fully saturated rings. The molecule has 0 aromatic heterocycles. The van der Waals surface area contributed by atoms with Crippen molar-refractivity contribution in [3.05, 3.63) is 77.9 Å². The molecular weight excluding hydrogens is 390 g/mol. The highest BCUT2D eigenvalue weighted by Gasteiger charge is 2.20. The summed E-state index contributed by atoms with van der Waals surface area (Å²) < 4.78 is 30.1. The molecule has 3 aromatic carbocycles. The van der Waals surface area contributed by atoms with Crippen molar-refractivity contribution < 1.29 is 23.1 Å². The number of nitrogens with one attached hydrogen (secondary N) is 1. The second-order valence-electron chi connectivity index (χ2n) is 6.50. The van der Waals surface area contributed by atoms with Crippen LogP contribution in [0.25, 0.3) is 11.1 Å². The first-order valence-electron chi connectivity index (χ1n) is 8.86. The molecule has 0 amide bonds. The lowest BCUT2D eigenvalue weighted by Crippen LogP contribution is -2.18. The highest BCUT2D eigenvalue weighted by atomic mass is 32.2. The van der Waals surface area contributed by atoms with Gasteiger partial charge in [-0.05, 0) is 60.0 Å². The second-order valence-corrected chi connectivity index (χ2v) is 8.49. The molecule has 0 aliphatic rings. The number of hydrogen-bond donors (Lipinski definition) is 2. The average molecular weight is 411 g/mol. The molecule has 0 spiro atoms. The summed E-state index contributed by atoms with van der Waals surface area (Å²) in [5.74, 6) is -0.986. The Morgan fingerprint density at radius 1 is 1.00 bits per heavy atom. The minimum atomic E-state index is -3.68. The lowest BCUT2D eigenvalue weighted by atomic mass is 9.98. The predicted molar refractivity (Wildman–Crippen MR) is 112 cm³/mol. The summed E-state index contributed by atoms with van der Waals surface area (Å²) >= 11 is 0. The first-order chi connectivity index (χ1) is 13.8. The van der Waals surface area contributed by atoms with E-state index in [9.17, 15) is 18.3 Å². The van der Waals surface area contributed by atoms with Crippen molar-refractivity contribution in [1.82, 2.24) is 0 Å². The highest BCUT2D eigenvalue weighted by Crippen LogP contribution is 2.30. The van der Waals surface area contributed by atoms with E-state index in [-0.39, 0.29) is 16.2 Å². The quantitative estimate of drug-likeness (QED) is 0.596. The number of methoxy groups -OCH3 is 1. The van der Waals surface area contributed by atoms with Crippen LogP contribution < -0.4 is 5.32 Å². The van der Waals surface area contributed by atoms with Crippen LogP contribution in [0.2, 0.25) is 0 Å². The highest BCUT2D eigenvalue weighted by molar-refractivity contribution is 7.91. The fraction of sp³-hybridized carbons (Fsp3) is 0.136. The van der Waals surface area contributed by atoms with Gasteiger partial charge in [0.15, 0.2) is 9.84 Å². The first-order valence-corrected chi connectivity index (χ1v) is 10.5. The Hall–Kier alpha value is -3.32. The van der Waals surface area contributed by atoms with E-state index in [1.54, 1.807) is 13.0 Å². The van der Waals surface area contributed by atoms with Crippen LogP contribution in [0, 0.1) is 6.92 Å². The van der Waals surface area contributed by atoms with Crippen molar-refractivity contribution >= 4 is 21.5 Å². The van der Waals surface area contributed by atoms with E-state index in [1.165, 1.54) is 31.4 Å². The summed E-state index contributed by atoms with van der Waals surface area (Å²) in [5, 5.41) is 12.2. The van der Waals surface area contributed by atoms with Gasteiger partial charge in [0.1, 0.15) is 11.6 Å². The van der Waals surface area contributed by atoms with E-state index in [2.05, 4.69) is 5.32 Å². The number of esters is 1. The van der Waals surface area contributed by atoms with Crippen LogP contribution in [-0.2, 0) is 14.6 Å². The Bertz CT molecular complexity index is 1120. The average Bonchev–Trinajstić information content (AvgIpc) is 2.72. The van der Waals surface area contributed by atoms with Gasteiger partial charge in [-0.15, -0.1) is 0 Å². The Kier molecular flexibility index (Phi) is 5.89. The number of hydrogen-bond acceptors (Lipinski definition) is 6. The van der Waals surface area contributed by atoms with Crippen LogP contribution in [0.4, 0.5) is 5.69 Å². The number of rotatable bonds is 6. The zero-order valence-electron chi connectivity index (χ0n) is 16.0. The Morgan fingerprint density at radius 2 is 1.66 bits per heavy atom. The molecule has 7 heteroatoms. The lowest BCUT2D eigenvalue weighted by Gasteiger charge is -2.16. The molecular formula is C22H21NO5S. The number of aryl methyl sites for hydroxylation is 1. The van der Waals surface area contributed by atoms with Gasteiger partial charge in [-0.25, -0.2) is 13.2 Å². The normalized spacial score (nSPS) is 11.1. The van der Waals surface area contributed by atoms with E-state index in [1.807, 2.05) is 36.4 Å². The monoisotopic (exact) mass is 411 g/mol. The van der Waals surface area contributed by atoms with Crippen molar-refractivity contribution in [2.45, 2.75) is 11.8 Å². The number of carbonyl (C=O) groups is 1. The summed E-state index contributed by atoms with van der Waals surface area (Å²) in [7, 11) is -2.40. The van der Waals surface area contributed by atoms with Gasteiger partial charge in [0, 0.05) is 0 Å². The van der Waals surface area contributed by atoms with Crippen molar-refractivity contribution in [1.29, 1.82) is 0 Å². The molecule has 6 nitrogen and oxygen atoms in total. The number of ether oxygens (including phenoxy) is 1. The van der Waals surface area contributed by atoms with Crippen molar-refractivity contribution in [2.24, 2.45) is 0 Å². The van der Waals surface area contributed by atoms with E-state index < -0.39 is 21.7 Å². The third-order valence-corrected chi connectivity index (χ3v) is 6.00. The largest absolute Gasteiger partial charge is 0.508 e. The molecule has 29 heavy (non-hydrogen) atoms. The number of aromatic hydroxyl groups is 1. The van der Waals surface area contributed by atoms with Gasteiger partial charge in [0.2, 0.25) is 0 Å². The van der Waals surface area contributed by atoms with E-state index in [0.29, 0.717) is 11.3 Å². The fourth-order valence-electron chi connectivity index (χ4n) is 2.99. The molecule has 0 saturated carbocycles. The third-order valence-electron chi connectivity index (χ3n) is 4.48. The maximum absolute atomic E-state index is 12.6. The molecule has 0 unspecified atom stereocenters. The van der Waals surface area contributed by atoms with Gasteiger partial charge in [-0.2, -0.15) is 0 Å². The van der Waals surface area contributed by atoms with Gasteiger partial charge < -0.3 is 15.2 Å². The number of sulfone groups is 1. The minimum absolute atomic E-state index is 0.0165. The topological polar surface area (TPSA) is 92.7 Å². The van der Waals surface area contributed by atoms with Crippen LogP contribution in [0.5, 0.6) is 5.75 Å². The SMILES string of the molecule is COC(=O)c1cc(-c2ccccc2)cc(C)c1NCS(=O)(=O)c1ccc(O)cc1. The summed E-state index contributed by atoms with van der Waals surface area (Å²) in [6, 6.07) is 18.4. The maximum Gasteiger partial charge on any atom is 0.339 e. The molecule has 2 N–H and O–H groups in total. The zero-order valence-corrected chi connectivity index (χ0v) is 16.9. The van der Waals surface area contributed by atoms with Gasteiger partial charge in [0.05, 0.1) is 23.3 Å². The molecule has 0 heterocycles. The Morgan fingerprint density at radius 3 is 2.28 bits per heavy atom. The minimum Gasteiger partial charge on any atom is -0.508 e. The molecule has 0 saturated heterocycles. The van der Waals surface area contributed by atoms with Crippen LogP contribution in [-0.4, -0.2) is 32.5 Å². The Labute approximate surface area is 169 Å². The molecule has 0 aliphatic carbocycles. The fourth-order valence-corrected chi connectivity index (χ4v) is 4.05. The van der Waals surface area contributed by atoms with Crippen molar-refractivity contribution in [3.63, 3.8) is 0 Å². The summed E-state index contributed by atoms with van der Waals surface area (Å²) in [6.07, 6.45) is 0. The molecule has 150 valence electrons. The van der Waals surface area contributed by atoms with Crippen molar-refractivity contribution in [3.8, 4) is 16.9 Å². The van der Waals surface area contributed by atoms with E-state index in [4.69, 9.17) is 4.74 Å².